The van der Waals surface area contributed by atoms with Gasteiger partial charge in [0.1, 0.15) is 6.10 Å². The molecule has 0 heterocycles. The maximum Gasteiger partial charge on any atom is 0.306 e. The van der Waals surface area contributed by atoms with Crippen LogP contribution in [-0.4, -0.2) is 46.9 Å². The van der Waals surface area contributed by atoms with E-state index in [9.17, 15) is 19.8 Å². The molecule has 0 radical (unpaired) electrons. The molecule has 0 aromatic carbocycles. The summed E-state index contributed by atoms with van der Waals surface area (Å²) in [5.41, 5.74) is 0. The van der Waals surface area contributed by atoms with Crippen molar-refractivity contribution < 1.29 is 24.5 Å². The molecule has 3 unspecified atom stereocenters. The quantitative estimate of drug-likeness (QED) is 0.0321. The second-order valence-corrected chi connectivity index (χ2v) is 19.0. The molecule has 0 rings (SSSR count). The number of esters is 1. The summed E-state index contributed by atoms with van der Waals surface area (Å²) in [6, 6.07) is -0.706. The van der Waals surface area contributed by atoms with Gasteiger partial charge in [0.2, 0.25) is 5.91 Å². The van der Waals surface area contributed by atoms with Gasteiger partial charge in [0.15, 0.2) is 0 Å². The van der Waals surface area contributed by atoms with E-state index in [1.165, 1.54) is 161 Å². The van der Waals surface area contributed by atoms with Crippen LogP contribution in [0.5, 0.6) is 0 Å². The molecule has 1 amide bonds. The first-order valence-corrected chi connectivity index (χ1v) is 27.7. The molecular weight excluding hydrogens is 779 g/mol. The summed E-state index contributed by atoms with van der Waals surface area (Å²) >= 11 is 0. The maximum atomic E-state index is 13.2. The zero-order valence-corrected chi connectivity index (χ0v) is 42.2. The van der Waals surface area contributed by atoms with Crippen molar-refractivity contribution in [2.75, 3.05) is 6.61 Å². The van der Waals surface area contributed by atoms with E-state index in [1.54, 1.807) is 0 Å². The van der Waals surface area contributed by atoms with Gasteiger partial charge < -0.3 is 20.3 Å². The number of aliphatic hydroxyl groups is 2. The fourth-order valence-corrected chi connectivity index (χ4v) is 8.50. The number of rotatable bonds is 50. The molecule has 6 nitrogen and oxygen atoms in total. The van der Waals surface area contributed by atoms with E-state index < -0.39 is 18.2 Å². The predicted molar refractivity (Wildman–Crippen MR) is 273 cm³/mol. The molecule has 3 N–H and O–H groups in total. The highest BCUT2D eigenvalue weighted by Crippen LogP contribution is 2.18. The Balaban J connectivity index is 4.60. The third-order valence-electron chi connectivity index (χ3n) is 12.7. The van der Waals surface area contributed by atoms with E-state index in [-0.39, 0.29) is 24.9 Å². The fourth-order valence-electron chi connectivity index (χ4n) is 8.50. The number of ether oxygens (including phenoxy) is 1. The van der Waals surface area contributed by atoms with Crippen LogP contribution in [0, 0.1) is 0 Å². The lowest BCUT2D eigenvalue weighted by Crippen LogP contribution is -2.46. The van der Waals surface area contributed by atoms with Gasteiger partial charge in [-0.25, -0.2) is 0 Å². The van der Waals surface area contributed by atoms with E-state index in [0.29, 0.717) is 19.3 Å². The number of aliphatic hydroxyl groups excluding tert-OH is 2. The maximum absolute atomic E-state index is 13.2. The number of allylic oxidation sites excluding steroid dienone is 6. The lowest BCUT2D eigenvalue weighted by Gasteiger charge is -2.24. The van der Waals surface area contributed by atoms with Gasteiger partial charge in [-0.1, -0.05) is 250 Å². The van der Waals surface area contributed by atoms with Crippen LogP contribution in [0.25, 0.3) is 0 Å². The third-order valence-corrected chi connectivity index (χ3v) is 12.7. The Morgan fingerprint density at radius 3 is 1.25 bits per heavy atom. The van der Waals surface area contributed by atoms with Gasteiger partial charge >= 0.3 is 5.97 Å². The van der Waals surface area contributed by atoms with E-state index in [1.807, 2.05) is 0 Å². The lowest BCUT2D eigenvalue weighted by atomic mass is 10.0. The van der Waals surface area contributed by atoms with Gasteiger partial charge in [0.05, 0.1) is 25.2 Å². The van der Waals surface area contributed by atoms with Gasteiger partial charge in [0.25, 0.3) is 0 Å². The number of hydrogen-bond acceptors (Lipinski definition) is 5. The van der Waals surface area contributed by atoms with Gasteiger partial charge in [0, 0.05) is 6.42 Å². The monoisotopic (exact) mass is 886 g/mol. The molecule has 3 atom stereocenters. The Bertz CT molecular complexity index is 1040. The fraction of sp³-hybridized carbons (Fsp3) is 0.860. The molecule has 370 valence electrons. The molecule has 0 saturated heterocycles. The first-order chi connectivity index (χ1) is 31.0. The molecule has 0 saturated carbocycles. The van der Waals surface area contributed by atoms with Crippen molar-refractivity contribution in [1.82, 2.24) is 5.32 Å². The Kier molecular flexibility index (Phi) is 49.5. The first-order valence-electron chi connectivity index (χ1n) is 27.7. The highest BCUT2D eigenvalue weighted by Gasteiger charge is 2.24. The van der Waals surface area contributed by atoms with E-state index in [2.05, 4.69) is 62.5 Å². The van der Waals surface area contributed by atoms with E-state index >= 15 is 0 Å². The van der Waals surface area contributed by atoms with Crippen molar-refractivity contribution in [2.24, 2.45) is 0 Å². The van der Waals surface area contributed by atoms with Crippen molar-refractivity contribution in [3.8, 4) is 0 Å². The standard InChI is InChI=1S/C57H107NO5/c1-4-7-10-13-16-19-22-25-27-28-29-31-33-36-39-42-45-48-53(63-57(62)50-47-44-41-38-35-30-24-21-18-15-12-9-6-3)51-56(61)58-54(52-59)55(60)49-46-43-40-37-34-32-26-23-20-17-14-11-8-5-2/h16,19,25,27,29,31,53-55,59-60H,4-15,17-18,20-24,26,28,30,32-52H2,1-3H3,(H,58,61)/b19-16-,27-25-,31-29-. The average Bonchev–Trinajstić information content (AvgIpc) is 3.28. The van der Waals surface area contributed by atoms with Gasteiger partial charge in [-0.2, -0.15) is 0 Å². The van der Waals surface area contributed by atoms with Crippen molar-refractivity contribution in [1.29, 1.82) is 0 Å². The number of hydrogen-bond donors (Lipinski definition) is 3. The molecule has 6 heteroatoms. The Hall–Kier alpha value is -1.92. The highest BCUT2D eigenvalue weighted by atomic mass is 16.5. The number of carbonyl (C=O) groups is 2. The largest absolute Gasteiger partial charge is 0.462 e. The Morgan fingerprint density at radius 1 is 0.460 bits per heavy atom. The molecule has 0 aliphatic carbocycles. The normalized spacial score (nSPS) is 13.4. The molecule has 0 aromatic rings. The smallest absolute Gasteiger partial charge is 0.306 e. The minimum atomic E-state index is -0.792. The first kappa shape index (κ1) is 61.1. The zero-order chi connectivity index (χ0) is 45.9. The summed E-state index contributed by atoms with van der Waals surface area (Å²) in [6.07, 6.45) is 60.6. The highest BCUT2D eigenvalue weighted by molar-refractivity contribution is 5.77. The molecule has 0 aromatic heterocycles. The average molecular weight is 886 g/mol. The number of unbranched alkanes of at least 4 members (excludes halogenated alkanes) is 32. The topological polar surface area (TPSA) is 95.9 Å². The number of carbonyl (C=O) groups excluding carboxylic acids is 2. The summed E-state index contributed by atoms with van der Waals surface area (Å²) in [7, 11) is 0. The molecule has 0 spiro atoms. The van der Waals surface area contributed by atoms with Gasteiger partial charge in [-0.05, 0) is 64.2 Å². The molecule has 0 aliphatic heterocycles. The molecule has 0 fully saturated rings. The molecular formula is C57H107NO5. The second kappa shape index (κ2) is 51.1. The summed E-state index contributed by atoms with van der Waals surface area (Å²) in [4.78, 5) is 26.2. The number of amides is 1. The summed E-state index contributed by atoms with van der Waals surface area (Å²) in [5.74, 6) is -0.482. The van der Waals surface area contributed by atoms with E-state index in [4.69, 9.17) is 4.74 Å². The van der Waals surface area contributed by atoms with Gasteiger partial charge in [-0.15, -0.1) is 0 Å². The van der Waals surface area contributed by atoms with Crippen LogP contribution < -0.4 is 5.32 Å². The summed E-state index contributed by atoms with van der Waals surface area (Å²) in [6.45, 7) is 6.47. The van der Waals surface area contributed by atoms with Crippen molar-refractivity contribution in [3.63, 3.8) is 0 Å². The van der Waals surface area contributed by atoms with Crippen molar-refractivity contribution >= 4 is 11.9 Å². The van der Waals surface area contributed by atoms with Crippen LogP contribution in [0.1, 0.15) is 290 Å². The minimum absolute atomic E-state index is 0.0668. The summed E-state index contributed by atoms with van der Waals surface area (Å²) in [5, 5.41) is 23.8. The predicted octanol–water partition coefficient (Wildman–Crippen LogP) is 16.8. The summed E-state index contributed by atoms with van der Waals surface area (Å²) < 4.78 is 5.94. The van der Waals surface area contributed by atoms with Crippen LogP contribution in [0.3, 0.4) is 0 Å². The molecule has 63 heavy (non-hydrogen) atoms. The second-order valence-electron chi connectivity index (χ2n) is 19.0. The lowest BCUT2D eigenvalue weighted by molar-refractivity contribution is -0.151. The minimum Gasteiger partial charge on any atom is -0.462 e. The Morgan fingerprint density at radius 2 is 0.810 bits per heavy atom. The SMILES string of the molecule is CCCCC/C=C\C/C=C\C/C=C\CCCCCCC(CC(=O)NC(CO)C(O)CCCCCCCCCCCCCCCC)OC(=O)CCCCCCCCCCCCCCC. The zero-order valence-electron chi connectivity index (χ0n) is 42.2. The molecule has 0 bridgehead atoms. The van der Waals surface area contributed by atoms with Crippen molar-refractivity contribution in [2.45, 2.75) is 309 Å². The Labute approximate surface area is 392 Å². The van der Waals surface area contributed by atoms with Crippen molar-refractivity contribution in [3.05, 3.63) is 36.5 Å². The third kappa shape index (κ3) is 46.4. The van der Waals surface area contributed by atoms with Gasteiger partial charge in [-0.3, -0.25) is 9.59 Å². The van der Waals surface area contributed by atoms with Crippen LogP contribution >= 0.6 is 0 Å². The van der Waals surface area contributed by atoms with E-state index in [0.717, 1.165) is 83.5 Å². The van der Waals surface area contributed by atoms with Crippen LogP contribution in [0.15, 0.2) is 36.5 Å². The van der Waals surface area contributed by atoms with Crippen LogP contribution in [0.4, 0.5) is 0 Å². The molecule has 0 aliphatic rings. The van der Waals surface area contributed by atoms with Crippen LogP contribution in [-0.2, 0) is 14.3 Å². The number of nitrogens with one attached hydrogen (secondary N) is 1. The van der Waals surface area contributed by atoms with Crippen LogP contribution in [0.2, 0.25) is 0 Å².